The molecule has 9 heteroatoms. The molecule has 6 rings (SSSR count). The van der Waals surface area contributed by atoms with Gasteiger partial charge < -0.3 is 15.2 Å². The van der Waals surface area contributed by atoms with E-state index in [0.717, 1.165) is 22.3 Å². The second-order valence-corrected chi connectivity index (χ2v) is 8.99. The average molecular weight is 494 g/mol. The summed E-state index contributed by atoms with van der Waals surface area (Å²) < 4.78 is 10.7. The van der Waals surface area contributed by atoms with E-state index in [4.69, 9.17) is 15.2 Å². The van der Waals surface area contributed by atoms with Crippen molar-refractivity contribution in [3.8, 4) is 33.9 Å². The van der Waals surface area contributed by atoms with Crippen LogP contribution in [0.5, 0.6) is 11.5 Å². The summed E-state index contributed by atoms with van der Waals surface area (Å²) in [6, 6.07) is 25.1. The zero-order valence-corrected chi connectivity index (χ0v) is 19.7. The maximum atomic E-state index is 13.0. The fourth-order valence-electron chi connectivity index (χ4n) is 4.07. The van der Waals surface area contributed by atoms with Crippen LogP contribution in [-0.2, 0) is 0 Å². The number of anilines is 1. The lowest BCUT2D eigenvalue weighted by Crippen LogP contribution is -2.17. The van der Waals surface area contributed by atoms with Crippen molar-refractivity contribution in [1.82, 2.24) is 15.6 Å². The number of thiophene rings is 1. The number of fused-ring (bicyclic) bond motifs is 2. The van der Waals surface area contributed by atoms with Gasteiger partial charge in [0.25, 0.3) is 5.91 Å². The Morgan fingerprint density at radius 2 is 1.67 bits per heavy atom. The van der Waals surface area contributed by atoms with Crippen LogP contribution in [0.4, 0.5) is 5.69 Å². The van der Waals surface area contributed by atoms with Crippen molar-refractivity contribution >= 4 is 39.4 Å². The van der Waals surface area contributed by atoms with Crippen molar-refractivity contribution in [3.05, 3.63) is 89.3 Å². The summed E-state index contributed by atoms with van der Waals surface area (Å²) in [6.45, 7) is 0.192. The minimum absolute atomic E-state index is 0.192. The third-order valence-electron chi connectivity index (χ3n) is 5.75. The maximum absolute atomic E-state index is 13.0. The third kappa shape index (κ3) is 3.91. The Kier molecular flexibility index (Phi) is 5.51. The highest BCUT2D eigenvalue weighted by Crippen LogP contribution is 2.42. The molecule has 0 bridgehead atoms. The van der Waals surface area contributed by atoms with Crippen molar-refractivity contribution in [2.24, 2.45) is 5.10 Å². The van der Waals surface area contributed by atoms with Crippen LogP contribution in [0.25, 0.3) is 32.6 Å². The highest BCUT2D eigenvalue weighted by molar-refractivity contribution is 7.21. The Balaban J connectivity index is 1.37. The van der Waals surface area contributed by atoms with E-state index in [1.54, 1.807) is 12.1 Å². The molecule has 0 atom stereocenters. The van der Waals surface area contributed by atoms with Gasteiger partial charge in [0.1, 0.15) is 15.4 Å². The predicted molar refractivity (Wildman–Crippen MR) is 140 cm³/mol. The van der Waals surface area contributed by atoms with Gasteiger partial charge in [0.15, 0.2) is 11.5 Å². The first-order chi connectivity index (χ1) is 17.7. The normalized spacial score (nSPS) is 12.3. The van der Waals surface area contributed by atoms with Crippen molar-refractivity contribution in [2.75, 3.05) is 12.5 Å². The number of benzene rings is 3. The van der Waals surface area contributed by atoms with E-state index in [1.165, 1.54) is 17.6 Å². The summed E-state index contributed by atoms with van der Waals surface area (Å²) in [5.74, 6) is 0.896. The van der Waals surface area contributed by atoms with Crippen LogP contribution in [0.15, 0.2) is 84.0 Å². The highest BCUT2D eigenvalue weighted by atomic mass is 32.1. The summed E-state index contributed by atoms with van der Waals surface area (Å²) in [4.78, 5) is 13.9. The molecule has 0 unspecified atom stereocenters. The van der Waals surface area contributed by atoms with Crippen LogP contribution < -0.4 is 20.6 Å². The van der Waals surface area contributed by atoms with Crippen LogP contribution in [0.1, 0.15) is 15.2 Å². The van der Waals surface area contributed by atoms with Crippen LogP contribution in [-0.4, -0.2) is 29.1 Å². The fourth-order valence-corrected chi connectivity index (χ4v) is 5.01. The molecule has 36 heavy (non-hydrogen) atoms. The molecule has 1 aliphatic rings. The number of aromatic nitrogens is 2. The van der Waals surface area contributed by atoms with Gasteiger partial charge in [-0.2, -0.15) is 5.10 Å². The van der Waals surface area contributed by atoms with E-state index in [0.29, 0.717) is 38.0 Å². The molecule has 0 fully saturated rings. The molecule has 176 valence electrons. The molecule has 3 aromatic carbocycles. The molecule has 8 nitrogen and oxygen atoms in total. The monoisotopic (exact) mass is 493 g/mol. The maximum Gasteiger partial charge on any atom is 0.283 e. The predicted octanol–water partition coefficient (Wildman–Crippen LogP) is 5.10. The zero-order valence-electron chi connectivity index (χ0n) is 18.8. The number of nitrogen functional groups attached to an aromatic ring is 1. The van der Waals surface area contributed by atoms with Gasteiger partial charge in [0.2, 0.25) is 6.79 Å². The zero-order chi connectivity index (χ0) is 24.5. The number of hydrogen-bond acceptors (Lipinski definition) is 8. The fraction of sp³-hybridized carbons (Fsp3) is 0.0370. The van der Waals surface area contributed by atoms with Gasteiger partial charge in [-0.3, -0.25) is 4.79 Å². The lowest BCUT2D eigenvalue weighted by Gasteiger charge is -2.11. The third-order valence-corrected chi connectivity index (χ3v) is 6.84. The summed E-state index contributed by atoms with van der Waals surface area (Å²) in [5, 5.41) is 13.7. The van der Waals surface area contributed by atoms with Gasteiger partial charge in [-0.15, -0.1) is 21.5 Å². The Labute approximate surface area is 210 Å². The van der Waals surface area contributed by atoms with Gasteiger partial charge in [-0.1, -0.05) is 60.7 Å². The summed E-state index contributed by atoms with van der Waals surface area (Å²) >= 11 is 1.19. The Hall–Kier alpha value is -4.76. The summed E-state index contributed by atoms with van der Waals surface area (Å²) in [7, 11) is 0. The summed E-state index contributed by atoms with van der Waals surface area (Å²) in [6.07, 6.45) is 1.53. The number of hydrazone groups is 1. The topological polar surface area (TPSA) is 112 Å². The van der Waals surface area contributed by atoms with Crippen molar-refractivity contribution < 1.29 is 14.3 Å². The lowest BCUT2D eigenvalue weighted by molar-refractivity contribution is 0.0960. The number of nitrogens with two attached hydrogens (primary N) is 1. The molecule has 0 spiro atoms. The number of nitrogens with one attached hydrogen (secondary N) is 1. The van der Waals surface area contributed by atoms with E-state index < -0.39 is 5.91 Å². The second kappa shape index (κ2) is 9.12. The smallest absolute Gasteiger partial charge is 0.283 e. The number of carbonyl (C=O) groups is 1. The molecule has 3 N–H and O–H groups in total. The molecular formula is C27H19N5O3S. The molecule has 2 aromatic heterocycles. The van der Waals surface area contributed by atoms with Crippen LogP contribution in [0.3, 0.4) is 0 Å². The van der Waals surface area contributed by atoms with Gasteiger partial charge in [-0.25, -0.2) is 5.43 Å². The Morgan fingerprint density at radius 3 is 2.44 bits per heavy atom. The van der Waals surface area contributed by atoms with Crippen LogP contribution in [0, 0.1) is 0 Å². The number of nitrogens with zero attached hydrogens (tertiary/aromatic N) is 3. The van der Waals surface area contributed by atoms with Gasteiger partial charge >= 0.3 is 0 Å². The van der Waals surface area contributed by atoms with E-state index in [1.807, 2.05) is 66.7 Å². The van der Waals surface area contributed by atoms with Gasteiger partial charge in [-0.05, 0) is 29.3 Å². The molecule has 0 radical (unpaired) electrons. The van der Waals surface area contributed by atoms with Crippen molar-refractivity contribution in [2.45, 2.75) is 0 Å². The Morgan fingerprint density at radius 1 is 0.944 bits per heavy atom. The number of carbonyl (C=O) groups excluding carboxylic acids is 1. The molecule has 0 saturated carbocycles. The molecule has 1 aliphatic heterocycles. The van der Waals surface area contributed by atoms with Crippen molar-refractivity contribution in [1.29, 1.82) is 0 Å². The molecule has 0 saturated heterocycles. The van der Waals surface area contributed by atoms with Gasteiger partial charge in [0, 0.05) is 16.5 Å². The quantitative estimate of drug-likeness (QED) is 0.260. The minimum atomic E-state index is -0.423. The molecule has 0 aliphatic carbocycles. The van der Waals surface area contributed by atoms with E-state index in [-0.39, 0.29) is 6.79 Å². The first-order valence-electron chi connectivity index (χ1n) is 11.1. The van der Waals surface area contributed by atoms with Crippen molar-refractivity contribution in [3.63, 3.8) is 0 Å². The highest BCUT2D eigenvalue weighted by Gasteiger charge is 2.23. The van der Waals surface area contributed by atoms with E-state index in [2.05, 4.69) is 20.7 Å². The van der Waals surface area contributed by atoms with E-state index >= 15 is 0 Å². The summed E-state index contributed by atoms with van der Waals surface area (Å²) in [5.41, 5.74) is 13.6. The molecule has 1 amide bonds. The number of hydrogen-bond donors (Lipinski definition) is 2. The molecule has 3 heterocycles. The standard InChI is InChI=1S/C27H19N5O3S/c28-23-22-21(17-7-3-1-4-8-17)24(18-9-5-2-6-10-18)30-32-27(22)36-25(23)26(33)31-29-14-16-11-12-19-20(13-16)35-15-34-19/h1-14H,15,28H2,(H,31,33)/b29-14+. The number of amides is 1. The molecule has 5 aromatic rings. The Bertz CT molecular complexity index is 1620. The average Bonchev–Trinajstić information content (AvgIpc) is 3.53. The van der Waals surface area contributed by atoms with E-state index in [9.17, 15) is 4.79 Å². The lowest BCUT2D eigenvalue weighted by atomic mass is 9.96. The largest absolute Gasteiger partial charge is 0.454 e. The van der Waals surface area contributed by atoms with Crippen LogP contribution >= 0.6 is 11.3 Å². The minimum Gasteiger partial charge on any atom is -0.454 e. The second-order valence-electron chi connectivity index (χ2n) is 7.99. The number of ether oxygens (including phenoxy) is 2. The SMILES string of the molecule is Nc1c(C(=O)N/N=C/c2ccc3c(c2)OCO3)sc2nnc(-c3ccccc3)c(-c3ccccc3)c12. The van der Waals surface area contributed by atoms with Gasteiger partial charge in [0.05, 0.1) is 11.9 Å². The van der Waals surface area contributed by atoms with Crippen LogP contribution in [0.2, 0.25) is 0 Å². The number of rotatable bonds is 5. The molecular weight excluding hydrogens is 474 g/mol. The first-order valence-corrected chi connectivity index (χ1v) is 11.9. The first kappa shape index (κ1) is 21.8.